The number of ketones is 1. The van der Waals surface area contributed by atoms with E-state index in [-0.39, 0.29) is 25.0 Å². The summed E-state index contributed by atoms with van der Waals surface area (Å²) in [6.07, 6.45) is -2.58. The first-order chi connectivity index (χ1) is 18.7. The van der Waals surface area contributed by atoms with Crippen molar-refractivity contribution in [1.29, 1.82) is 0 Å². The zero-order valence-electron chi connectivity index (χ0n) is 22.5. The van der Waals surface area contributed by atoms with Gasteiger partial charge in [-0.15, -0.1) is 13.2 Å². The van der Waals surface area contributed by atoms with Crippen LogP contribution in [-0.4, -0.2) is 73.2 Å². The molecule has 1 aromatic rings. The van der Waals surface area contributed by atoms with Gasteiger partial charge in [0.15, 0.2) is 24.6 Å². The van der Waals surface area contributed by atoms with Crippen molar-refractivity contribution in [2.45, 2.75) is 76.2 Å². The molecule has 0 unspecified atom stereocenters. The number of carbonyl (C=O) groups excluding carboxylic acids is 4. The molecule has 10 nitrogen and oxygen atoms in total. The van der Waals surface area contributed by atoms with Crippen LogP contribution in [-0.2, 0) is 49.3 Å². The largest absolute Gasteiger partial charge is 0.455 e. The summed E-state index contributed by atoms with van der Waals surface area (Å²) in [7, 11) is 1.29. The quantitative estimate of drug-likeness (QED) is 0.187. The zero-order chi connectivity index (χ0) is 28.8. The van der Waals surface area contributed by atoms with E-state index < -0.39 is 61.1 Å². The van der Waals surface area contributed by atoms with Crippen LogP contribution in [0, 0.1) is 5.92 Å². The van der Waals surface area contributed by atoms with Crippen molar-refractivity contribution < 1.29 is 48.0 Å². The van der Waals surface area contributed by atoms with Crippen molar-refractivity contribution in [1.82, 2.24) is 0 Å². The van der Waals surface area contributed by atoms with Gasteiger partial charge in [0.25, 0.3) is 0 Å². The first-order valence-electron chi connectivity index (χ1n) is 12.9. The van der Waals surface area contributed by atoms with Gasteiger partial charge in [-0.2, -0.15) is 0 Å². The predicted molar refractivity (Wildman–Crippen MR) is 140 cm³/mol. The molecular weight excluding hydrogens is 508 g/mol. The van der Waals surface area contributed by atoms with Crippen LogP contribution in [0.3, 0.4) is 0 Å². The summed E-state index contributed by atoms with van der Waals surface area (Å²) in [4.78, 5) is 50.0. The summed E-state index contributed by atoms with van der Waals surface area (Å²) < 4.78 is 28.1. The van der Waals surface area contributed by atoms with Gasteiger partial charge in [0.1, 0.15) is 11.9 Å². The molecule has 1 heterocycles. The number of esters is 3. The summed E-state index contributed by atoms with van der Waals surface area (Å²) in [5, 5.41) is 10.1. The summed E-state index contributed by atoms with van der Waals surface area (Å²) >= 11 is 0. The Morgan fingerprint density at radius 1 is 0.949 bits per heavy atom. The molecule has 1 N–H and O–H groups in total. The van der Waals surface area contributed by atoms with E-state index in [1.54, 1.807) is 12.2 Å². The number of carbonyl (C=O) groups is 4. The highest BCUT2D eigenvalue weighted by Crippen LogP contribution is 2.31. The van der Waals surface area contributed by atoms with Crippen LogP contribution >= 0.6 is 0 Å². The number of ether oxygens (including phenoxy) is 5. The zero-order valence-corrected chi connectivity index (χ0v) is 22.5. The van der Waals surface area contributed by atoms with Crippen molar-refractivity contribution in [3.05, 3.63) is 61.2 Å². The molecule has 1 fully saturated rings. The Morgan fingerprint density at radius 2 is 1.62 bits per heavy atom. The third-order valence-electron chi connectivity index (χ3n) is 6.13. The highest BCUT2D eigenvalue weighted by Gasteiger charge is 2.52. The Morgan fingerprint density at radius 3 is 2.21 bits per heavy atom. The molecule has 214 valence electrons. The van der Waals surface area contributed by atoms with Gasteiger partial charge in [-0.3, -0.25) is 14.4 Å². The fraction of sp³-hybridized carbons (Fsp3) is 0.517. The maximum atomic E-state index is 13.4. The van der Waals surface area contributed by atoms with Crippen LogP contribution in [0.5, 0.6) is 0 Å². The van der Waals surface area contributed by atoms with Crippen molar-refractivity contribution in [2.75, 3.05) is 13.7 Å². The van der Waals surface area contributed by atoms with E-state index in [1.165, 1.54) is 14.0 Å². The fourth-order valence-electron chi connectivity index (χ4n) is 4.13. The molecule has 6 atom stereocenters. The first kappa shape index (κ1) is 31.9. The summed E-state index contributed by atoms with van der Waals surface area (Å²) in [5.74, 6) is -2.88. The van der Waals surface area contributed by atoms with Gasteiger partial charge in [0.2, 0.25) is 0 Å². The monoisotopic (exact) mass is 546 g/mol. The summed E-state index contributed by atoms with van der Waals surface area (Å²) in [6.45, 7) is 8.06. The van der Waals surface area contributed by atoms with Gasteiger partial charge in [-0.05, 0) is 31.7 Å². The Balaban J connectivity index is 2.37. The van der Waals surface area contributed by atoms with Crippen molar-refractivity contribution in [2.24, 2.45) is 5.92 Å². The second-order valence-electron chi connectivity index (χ2n) is 9.21. The average molecular weight is 547 g/mol. The van der Waals surface area contributed by atoms with Crippen LogP contribution in [0.25, 0.3) is 0 Å². The molecule has 0 amide bonds. The topological polar surface area (TPSA) is 135 Å². The Labute approximate surface area is 228 Å². The molecule has 39 heavy (non-hydrogen) atoms. The number of benzene rings is 1. The summed E-state index contributed by atoms with van der Waals surface area (Å²) in [5.41, 5.74) is 0.907. The lowest BCUT2D eigenvalue weighted by Gasteiger charge is -2.44. The SMILES string of the molecule is C=CCCC(=O)O[C@@H]1[C@@H](OC(=O)CCC(C)=O)[C@@H](OC)O[C@H](CO)[C@H]1OC(=O)[C@H](CC=C)Cc1ccccc1. The lowest BCUT2D eigenvalue weighted by atomic mass is 9.95. The molecule has 0 radical (unpaired) electrons. The summed E-state index contributed by atoms with van der Waals surface area (Å²) in [6, 6.07) is 9.35. The highest BCUT2D eigenvalue weighted by molar-refractivity contribution is 5.81. The van der Waals surface area contributed by atoms with E-state index in [4.69, 9.17) is 23.7 Å². The van der Waals surface area contributed by atoms with E-state index in [1.807, 2.05) is 30.3 Å². The second kappa shape index (κ2) is 16.6. The molecular formula is C29H38O10. The number of Topliss-reactive ketones (excluding diaryl/α,β-unsaturated/α-hetero) is 1. The van der Waals surface area contributed by atoms with E-state index in [0.29, 0.717) is 19.3 Å². The van der Waals surface area contributed by atoms with Gasteiger partial charge >= 0.3 is 17.9 Å². The number of aliphatic hydroxyl groups is 1. The van der Waals surface area contributed by atoms with Gasteiger partial charge in [0.05, 0.1) is 18.9 Å². The van der Waals surface area contributed by atoms with Gasteiger partial charge < -0.3 is 33.6 Å². The fourth-order valence-corrected chi connectivity index (χ4v) is 4.13. The molecule has 0 aromatic heterocycles. The molecule has 0 bridgehead atoms. The van der Waals surface area contributed by atoms with Crippen LogP contribution in [0.2, 0.25) is 0 Å². The van der Waals surface area contributed by atoms with Crippen molar-refractivity contribution in [3.8, 4) is 0 Å². The molecule has 1 saturated heterocycles. The number of hydrogen-bond donors (Lipinski definition) is 1. The Kier molecular flexibility index (Phi) is 13.6. The van der Waals surface area contributed by atoms with Gasteiger partial charge in [0, 0.05) is 20.0 Å². The predicted octanol–water partition coefficient (Wildman–Crippen LogP) is 2.86. The number of rotatable bonds is 16. The second-order valence-corrected chi connectivity index (χ2v) is 9.21. The minimum absolute atomic E-state index is 0.0267. The van der Waals surface area contributed by atoms with E-state index in [2.05, 4.69) is 13.2 Å². The molecule has 2 rings (SSSR count). The normalized spacial score (nSPS) is 23.2. The van der Waals surface area contributed by atoms with Crippen LogP contribution in [0.1, 0.15) is 44.6 Å². The Bertz CT molecular complexity index is 976. The maximum absolute atomic E-state index is 13.4. The third kappa shape index (κ3) is 10.0. The van der Waals surface area contributed by atoms with Crippen LogP contribution < -0.4 is 0 Å². The van der Waals surface area contributed by atoms with Gasteiger partial charge in [-0.25, -0.2) is 0 Å². The lowest BCUT2D eigenvalue weighted by Crippen LogP contribution is -2.63. The number of aliphatic hydroxyl groups excluding tert-OH is 1. The number of methoxy groups -OCH3 is 1. The van der Waals surface area contributed by atoms with E-state index in [9.17, 15) is 24.3 Å². The average Bonchev–Trinajstić information content (AvgIpc) is 2.92. The first-order valence-corrected chi connectivity index (χ1v) is 12.9. The molecule has 10 heteroatoms. The molecule has 1 aliphatic rings. The smallest absolute Gasteiger partial charge is 0.310 e. The van der Waals surface area contributed by atoms with Crippen molar-refractivity contribution in [3.63, 3.8) is 0 Å². The highest BCUT2D eigenvalue weighted by atomic mass is 16.7. The minimum atomic E-state index is -1.36. The van der Waals surface area contributed by atoms with Crippen molar-refractivity contribution >= 4 is 23.7 Å². The lowest BCUT2D eigenvalue weighted by molar-refractivity contribution is -0.303. The molecule has 1 aromatic carbocycles. The van der Waals surface area contributed by atoms with Crippen LogP contribution in [0.4, 0.5) is 0 Å². The van der Waals surface area contributed by atoms with Gasteiger partial charge in [-0.1, -0.05) is 42.5 Å². The Hall–Kier alpha value is -3.34. The molecule has 0 saturated carbocycles. The maximum Gasteiger partial charge on any atom is 0.310 e. The van der Waals surface area contributed by atoms with E-state index >= 15 is 0 Å². The third-order valence-corrected chi connectivity index (χ3v) is 6.13. The number of allylic oxidation sites excluding steroid dienone is 2. The minimum Gasteiger partial charge on any atom is -0.455 e. The molecule has 0 spiro atoms. The standard InChI is InChI=1S/C29H38O10/c1-5-7-14-23(32)37-26-25(39-28(34)21(11-6-2)17-20-12-9-8-10-13-20)22(18-30)36-29(35-4)27(26)38-24(33)16-15-19(3)31/h5-6,8-10,12-13,21-22,25-27,29-30H,1-2,7,11,14-18H2,3-4H3/t21-,22-,25-,26+,27-,29+/m1/s1. The number of hydrogen-bond acceptors (Lipinski definition) is 10. The van der Waals surface area contributed by atoms with E-state index in [0.717, 1.165) is 5.56 Å². The van der Waals surface area contributed by atoms with Crippen LogP contribution in [0.15, 0.2) is 55.6 Å². The molecule has 0 aliphatic carbocycles. The molecule has 1 aliphatic heterocycles.